The second-order valence-corrected chi connectivity index (χ2v) is 6.55. The largest absolute Gasteiger partial charge is 0.473 e. The van der Waals surface area contributed by atoms with Crippen LogP contribution in [0, 0.1) is 0 Å². The van der Waals surface area contributed by atoms with E-state index in [1.165, 1.54) is 0 Å². The molecule has 0 aliphatic carbocycles. The molecule has 2 aromatic rings. The molecule has 2 heterocycles. The first-order valence-corrected chi connectivity index (χ1v) is 7.47. The van der Waals surface area contributed by atoms with Gasteiger partial charge in [-0.2, -0.15) is 4.98 Å². The van der Waals surface area contributed by atoms with E-state index in [0.717, 1.165) is 11.4 Å². The van der Waals surface area contributed by atoms with Gasteiger partial charge >= 0.3 is 5.69 Å². The molecule has 116 valence electrons. The normalized spacial score (nSPS) is 15.7. The molecule has 5 nitrogen and oxygen atoms in total. The Hall–Kier alpha value is -2.01. The van der Waals surface area contributed by atoms with Crippen LogP contribution in [0.5, 0.6) is 5.88 Å². The standard InChI is InChI=1S/C16H18ClN3O2/c1-16(2)10-20-14(19(16)3)8-13(18-15(20)21)22-9-11-5-4-6-12(17)7-11/h4-8H,9-10H2,1-3H3. The molecule has 0 bridgehead atoms. The highest BCUT2D eigenvalue weighted by atomic mass is 35.5. The zero-order chi connectivity index (χ0) is 15.9. The van der Waals surface area contributed by atoms with E-state index in [1.54, 1.807) is 10.6 Å². The Kier molecular flexibility index (Phi) is 3.60. The van der Waals surface area contributed by atoms with Gasteiger partial charge in [0.2, 0.25) is 5.88 Å². The fourth-order valence-electron chi connectivity index (χ4n) is 2.56. The average Bonchev–Trinajstić information content (AvgIpc) is 2.69. The molecule has 1 aliphatic heterocycles. The SMILES string of the molecule is CN1c2cc(OCc3cccc(Cl)c3)nc(=O)n2CC1(C)C. The van der Waals surface area contributed by atoms with Crippen LogP contribution in [0.1, 0.15) is 19.4 Å². The molecular weight excluding hydrogens is 302 g/mol. The molecule has 3 rings (SSSR count). The first-order chi connectivity index (χ1) is 10.4. The minimum absolute atomic E-state index is 0.112. The highest BCUT2D eigenvalue weighted by Crippen LogP contribution is 2.31. The van der Waals surface area contributed by atoms with Crippen molar-refractivity contribution >= 4 is 17.4 Å². The summed E-state index contributed by atoms with van der Waals surface area (Å²) in [6, 6.07) is 9.23. The maximum absolute atomic E-state index is 12.2. The highest BCUT2D eigenvalue weighted by Gasteiger charge is 2.34. The van der Waals surface area contributed by atoms with E-state index in [9.17, 15) is 4.79 Å². The molecule has 0 spiro atoms. The second kappa shape index (κ2) is 5.32. The third kappa shape index (κ3) is 2.68. The third-order valence-electron chi connectivity index (χ3n) is 4.04. The van der Waals surface area contributed by atoms with Gasteiger partial charge in [-0.25, -0.2) is 4.79 Å². The summed E-state index contributed by atoms with van der Waals surface area (Å²) >= 11 is 5.95. The summed E-state index contributed by atoms with van der Waals surface area (Å²) in [6.07, 6.45) is 0. The van der Waals surface area contributed by atoms with E-state index in [-0.39, 0.29) is 11.2 Å². The van der Waals surface area contributed by atoms with Crippen LogP contribution in [0.2, 0.25) is 5.02 Å². The van der Waals surface area contributed by atoms with E-state index in [2.05, 4.69) is 23.7 Å². The predicted molar refractivity (Wildman–Crippen MR) is 86.8 cm³/mol. The zero-order valence-corrected chi connectivity index (χ0v) is 13.6. The van der Waals surface area contributed by atoms with E-state index >= 15 is 0 Å². The van der Waals surface area contributed by atoms with Crippen LogP contribution < -0.4 is 15.3 Å². The van der Waals surface area contributed by atoms with Crippen LogP contribution in [0.15, 0.2) is 35.1 Å². The molecule has 0 unspecified atom stereocenters. The first kappa shape index (κ1) is 14.9. The molecule has 0 fully saturated rings. The van der Waals surface area contributed by atoms with Crippen molar-refractivity contribution in [2.75, 3.05) is 11.9 Å². The number of hydrogen-bond acceptors (Lipinski definition) is 4. The van der Waals surface area contributed by atoms with Crippen LogP contribution in [0.3, 0.4) is 0 Å². The molecule has 0 amide bonds. The van der Waals surface area contributed by atoms with Crippen molar-refractivity contribution in [3.8, 4) is 5.88 Å². The lowest BCUT2D eigenvalue weighted by Gasteiger charge is -2.28. The van der Waals surface area contributed by atoms with Crippen LogP contribution >= 0.6 is 11.6 Å². The van der Waals surface area contributed by atoms with Gasteiger partial charge in [0.1, 0.15) is 12.4 Å². The number of benzene rings is 1. The van der Waals surface area contributed by atoms with E-state index < -0.39 is 0 Å². The van der Waals surface area contributed by atoms with Gasteiger partial charge < -0.3 is 9.64 Å². The van der Waals surface area contributed by atoms with Crippen molar-refractivity contribution in [1.29, 1.82) is 0 Å². The monoisotopic (exact) mass is 319 g/mol. The van der Waals surface area contributed by atoms with Gasteiger partial charge in [-0.15, -0.1) is 0 Å². The number of hydrogen-bond donors (Lipinski definition) is 0. The smallest absolute Gasteiger partial charge is 0.352 e. The molecule has 6 heteroatoms. The lowest BCUT2D eigenvalue weighted by Crippen LogP contribution is -2.38. The van der Waals surface area contributed by atoms with Gasteiger partial charge in [0.15, 0.2) is 0 Å². The lowest BCUT2D eigenvalue weighted by atomic mass is 10.1. The maximum Gasteiger partial charge on any atom is 0.352 e. The summed E-state index contributed by atoms with van der Waals surface area (Å²) < 4.78 is 7.33. The molecular formula is C16H18ClN3O2. The summed E-state index contributed by atoms with van der Waals surface area (Å²) in [5.74, 6) is 1.16. The Balaban J connectivity index is 1.84. The van der Waals surface area contributed by atoms with Crippen LogP contribution in [0.4, 0.5) is 5.82 Å². The van der Waals surface area contributed by atoms with E-state index in [1.807, 2.05) is 31.3 Å². The summed E-state index contributed by atoms with van der Waals surface area (Å²) in [7, 11) is 1.97. The van der Waals surface area contributed by atoms with Crippen molar-refractivity contribution in [2.45, 2.75) is 32.5 Å². The second-order valence-electron chi connectivity index (χ2n) is 6.11. The van der Waals surface area contributed by atoms with Gasteiger partial charge in [-0.3, -0.25) is 4.57 Å². The Morgan fingerprint density at radius 1 is 1.36 bits per heavy atom. The van der Waals surface area contributed by atoms with Crippen molar-refractivity contribution in [3.05, 3.63) is 51.4 Å². The predicted octanol–water partition coefficient (Wildman–Crippen LogP) is 2.70. The van der Waals surface area contributed by atoms with Gasteiger partial charge in [-0.1, -0.05) is 23.7 Å². The summed E-state index contributed by atoms with van der Waals surface area (Å²) in [5.41, 5.74) is 0.541. The average molecular weight is 320 g/mol. The van der Waals surface area contributed by atoms with Crippen molar-refractivity contribution in [3.63, 3.8) is 0 Å². The number of anilines is 1. The van der Waals surface area contributed by atoms with Crippen molar-refractivity contribution in [1.82, 2.24) is 9.55 Å². The maximum atomic E-state index is 12.2. The van der Waals surface area contributed by atoms with Crippen molar-refractivity contribution < 1.29 is 4.74 Å². The summed E-state index contributed by atoms with van der Waals surface area (Å²) in [4.78, 5) is 18.2. The molecule has 0 N–H and O–H groups in total. The third-order valence-corrected chi connectivity index (χ3v) is 4.27. The first-order valence-electron chi connectivity index (χ1n) is 7.10. The molecule has 1 aromatic carbocycles. The van der Waals surface area contributed by atoms with E-state index in [0.29, 0.717) is 24.1 Å². The Bertz CT molecular complexity index is 770. The number of ether oxygens (including phenoxy) is 1. The Labute approximate surface area is 134 Å². The molecule has 22 heavy (non-hydrogen) atoms. The number of likely N-dealkylation sites (N-methyl/N-ethyl adjacent to an activating group) is 1. The number of nitrogens with zero attached hydrogens (tertiary/aromatic N) is 3. The number of aromatic nitrogens is 2. The molecule has 0 saturated heterocycles. The Morgan fingerprint density at radius 2 is 2.14 bits per heavy atom. The molecule has 1 aromatic heterocycles. The van der Waals surface area contributed by atoms with E-state index in [4.69, 9.17) is 16.3 Å². The topological polar surface area (TPSA) is 47.4 Å². The summed E-state index contributed by atoms with van der Waals surface area (Å²) in [5, 5.41) is 0.657. The van der Waals surface area contributed by atoms with Gasteiger partial charge in [-0.05, 0) is 31.5 Å². The van der Waals surface area contributed by atoms with Crippen LogP contribution in [-0.2, 0) is 13.2 Å². The zero-order valence-electron chi connectivity index (χ0n) is 12.8. The number of fused-ring (bicyclic) bond motifs is 1. The molecule has 1 aliphatic rings. The fraction of sp³-hybridized carbons (Fsp3) is 0.375. The van der Waals surface area contributed by atoms with Gasteiger partial charge in [0.05, 0.1) is 12.1 Å². The minimum Gasteiger partial charge on any atom is -0.473 e. The molecule has 0 saturated carbocycles. The number of halogens is 1. The number of rotatable bonds is 3. The van der Waals surface area contributed by atoms with Gasteiger partial charge in [0.25, 0.3) is 0 Å². The van der Waals surface area contributed by atoms with Gasteiger partial charge in [0, 0.05) is 18.1 Å². The lowest BCUT2D eigenvalue weighted by molar-refractivity contribution is 0.291. The fourth-order valence-corrected chi connectivity index (χ4v) is 2.77. The minimum atomic E-state index is -0.281. The highest BCUT2D eigenvalue weighted by molar-refractivity contribution is 6.30. The Morgan fingerprint density at radius 3 is 2.86 bits per heavy atom. The molecule has 0 radical (unpaired) electrons. The molecule has 0 atom stereocenters. The summed E-state index contributed by atoms with van der Waals surface area (Å²) in [6.45, 7) is 5.13. The van der Waals surface area contributed by atoms with Crippen LogP contribution in [-0.4, -0.2) is 22.1 Å². The quantitative estimate of drug-likeness (QED) is 0.872. The van der Waals surface area contributed by atoms with Crippen molar-refractivity contribution in [2.24, 2.45) is 0 Å². The van der Waals surface area contributed by atoms with Crippen LogP contribution in [0.25, 0.3) is 0 Å².